The minimum absolute atomic E-state index is 0. The van der Waals surface area contributed by atoms with Crippen LogP contribution in [0.5, 0.6) is 0 Å². The van der Waals surface area contributed by atoms with Crippen molar-refractivity contribution in [3.8, 4) is 11.1 Å². The predicted octanol–water partition coefficient (Wildman–Crippen LogP) is 5.15. The van der Waals surface area contributed by atoms with E-state index in [1.54, 1.807) is 19.1 Å². The molecule has 0 radical (unpaired) electrons. The van der Waals surface area contributed by atoms with Crippen molar-refractivity contribution in [3.63, 3.8) is 0 Å². The molecule has 0 aliphatic rings. The van der Waals surface area contributed by atoms with Crippen LogP contribution >= 0.6 is 12.4 Å². The monoisotopic (exact) mass is 453 g/mol. The van der Waals surface area contributed by atoms with Crippen molar-refractivity contribution in [1.82, 2.24) is 15.3 Å². The Kier molecular flexibility index (Phi) is 7.32. The molecule has 4 N–H and O–H groups in total. The van der Waals surface area contributed by atoms with Crippen LogP contribution in [0.15, 0.2) is 30.5 Å². The summed E-state index contributed by atoms with van der Waals surface area (Å²) in [4.78, 5) is 20.4. The molecular formula is C21H23ClF3N5O. The van der Waals surface area contributed by atoms with Gasteiger partial charge in [-0.1, -0.05) is 0 Å². The predicted molar refractivity (Wildman–Crippen MR) is 118 cm³/mol. The molecule has 0 bridgehead atoms. The lowest BCUT2D eigenvalue weighted by Crippen LogP contribution is -2.32. The number of aromatic nitrogens is 2. The van der Waals surface area contributed by atoms with Crippen LogP contribution in [0.1, 0.15) is 26.0 Å². The highest BCUT2D eigenvalue weighted by Gasteiger charge is 2.18. The van der Waals surface area contributed by atoms with Crippen LogP contribution in [0, 0.1) is 18.6 Å². The Hall–Kier alpha value is -3.07. The van der Waals surface area contributed by atoms with Gasteiger partial charge in [0.2, 0.25) is 0 Å². The topological polar surface area (TPSA) is 92.9 Å². The Morgan fingerprint density at radius 2 is 1.84 bits per heavy atom. The molecule has 0 unspecified atom stereocenters. The lowest BCUT2D eigenvalue weighted by molar-refractivity contribution is 0.200. The number of anilines is 2. The molecule has 166 valence electrons. The van der Waals surface area contributed by atoms with Crippen LogP contribution in [-0.4, -0.2) is 28.2 Å². The maximum atomic E-state index is 14.6. The summed E-state index contributed by atoms with van der Waals surface area (Å²) in [6, 6.07) is 4.45. The number of aryl methyl sites for hydroxylation is 1. The number of nitrogens with two attached hydrogens (primary N) is 1. The van der Waals surface area contributed by atoms with Gasteiger partial charge in [-0.3, -0.25) is 4.98 Å². The summed E-state index contributed by atoms with van der Waals surface area (Å²) in [6.45, 7) is 4.53. The van der Waals surface area contributed by atoms with Crippen LogP contribution in [0.4, 0.5) is 29.5 Å². The van der Waals surface area contributed by atoms with Crippen LogP contribution in [0.3, 0.4) is 0 Å². The maximum absolute atomic E-state index is 14.6. The van der Waals surface area contributed by atoms with E-state index in [0.717, 1.165) is 0 Å². The van der Waals surface area contributed by atoms with E-state index in [0.29, 0.717) is 34.0 Å². The summed E-state index contributed by atoms with van der Waals surface area (Å²) >= 11 is 0. The number of nitrogens with zero attached hydrogens (tertiary/aromatic N) is 2. The fraction of sp³-hybridized carbons (Fsp3) is 0.286. The Balaban J connectivity index is 0.00000341. The lowest BCUT2D eigenvalue weighted by atomic mass is 10.0. The first-order valence-corrected chi connectivity index (χ1v) is 9.29. The van der Waals surface area contributed by atoms with Crippen molar-refractivity contribution in [3.05, 3.63) is 47.8 Å². The third-order valence-electron chi connectivity index (χ3n) is 4.51. The number of carbonyl (C=O) groups excluding carboxylic acids is 1. The number of hydrogen-bond acceptors (Lipinski definition) is 4. The van der Waals surface area contributed by atoms with E-state index in [9.17, 15) is 18.0 Å². The molecule has 1 aromatic carbocycles. The summed E-state index contributed by atoms with van der Waals surface area (Å²) in [5.41, 5.74) is 5.61. The first-order chi connectivity index (χ1) is 14.0. The third-order valence-corrected chi connectivity index (χ3v) is 4.51. The number of benzene rings is 1. The second-order valence-electron chi connectivity index (χ2n) is 7.58. The van der Waals surface area contributed by atoms with E-state index in [-0.39, 0.29) is 36.6 Å². The molecule has 3 rings (SSSR count). The normalized spacial score (nSPS) is 11.2. The molecule has 3 aromatic rings. The second-order valence-corrected chi connectivity index (χ2v) is 7.58. The molecule has 2 amide bonds. The number of alkyl halides is 1. The molecule has 2 aromatic heterocycles. The highest BCUT2D eigenvalue weighted by molar-refractivity contribution is 5.91. The van der Waals surface area contributed by atoms with E-state index >= 15 is 0 Å². The summed E-state index contributed by atoms with van der Waals surface area (Å²) in [7, 11) is 0. The van der Waals surface area contributed by atoms with Gasteiger partial charge in [-0.05, 0) is 39.3 Å². The van der Waals surface area contributed by atoms with Gasteiger partial charge in [0, 0.05) is 47.1 Å². The number of fused-ring (bicyclic) bond motifs is 1. The van der Waals surface area contributed by atoms with Crippen LogP contribution < -0.4 is 16.4 Å². The molecular weight excluding hydrogens is 431 g/mol. The molecule has 2 heterocycles. The zero-order chi connectivity index (χ0) is 22.1. The van der Waals surface area contributed by atoms with E-state index in [1.807, 2.05) is 0 Å². The fourth-order valence-electron chi connectivity index (χ4n) is 2.94. The van der Waals surface area contributed by atoms with Gasteiger partial charge in [-0.15, -0.1) is 12.4 Å². The van der Waals surface area contributed by atoms with Crippen molar-refractivity contribution < 1.29 is 18.0 Å². The summed E-state index contributed by atoms with van der Waals surface area (Å²) in [5.74, 6) is -1.42. The van der Waals surface area contributed by atoms with Crippen molar-refractivity contribution in [2.75, 3.05) is 17.6 Å². The first kappa shape index (κ1) is 24.2. The van der Waals surface area contributed by atoms with Gasteiger partial charge in [0.1, 0.15) is 23.1 Å². The minimum Gasteiger partial charge on any atom is -0.384 e. The molecule has 10 heteroatoms. The Bertz CT molecular complexity index is 1120. The highest BCUT2D eigenvalue weighted by atomic mass is 35.5. The summed E-state index contributed by atoms with van der Waals surface area (Å²) in [6.07, 6.45) is 1.61. The molecule has 0 fully saturated rings. The van der Waals surface area contributed by atoms with Gasteiger partial charge in [-0.25, -0.2) is 22.9 Å². The number of pyridine rings is 2. The molecule has 0 aliphatic heterocycles. The molecule has 0 atom stereocenters. The number of carbonyl (C=O) groups is 1. The Morgan fingerprint density at radius 1 is 1.13 bits per heavy atom. The molecule has 0 aliphatic carbocycles. The number of halogens is 4. The second kappa shape index (κ2) is 9.38. The van der Waals surface area contributed by atoms with Gasteiger partial charge in [0.15, 0.2) is 0 Å². The van der Waals surface area contributed by atoms with Gasteiger partial charge in [0.25, 0.3) is 0 Å². The molecule has 31 heavy (non-hydrogen) atoms. The smallest absolute Gasteiger partial charge is 0.319 e. The number of urea groups is 1. The average molecular weight is 454 g/mol. The van der Waals surface area contributed by atoms with Crippen LogP contribution in [0.25, 0.3) is 22.0 Å². The molecule has 6 nitrogen and oxygen atoms in total. The Labute approximate surface area is 183 Å². The maximum Gasteiger partial charge on any atom is 0.319 e. The SMILES string of the molecule is Cc1nc2cc(N)ncc2cc1-c1cc(NC(=O)NCCC(C)(C)F)c(F)cc1F.Cl. The molecule has 0 spiro atoms. The fourth-order valence-corrected chi connectivity index (χ4v) is 2.94. The van der Waals surface area contributed by atoms with Crippen LogP contribution in [0.2, 0.25) is 0 Å². The van der Waals surface area contributed by atoms with Crippen LogP contribution in [-0.2, 0) is 0 Å². The highest BCUT2D eigenvalue weighted by Crippen LogP contribution is 2.32. The van der Waals surface area contributed by atoms with Gasteiger partial charge in [-0.2, -0.15) is 0 Å². The Morgan fingerprint density at radius 3 is 2.52 bits per heavy atom. The number of hydrogen-bond donors (Lipinski definition) is 3. The first-order valence-electron chi connectivity index (χ1n) is 9.29. The summed E-state index contributed by atoms with van der Waals surface area (Å²) < 4.78 is 42.3. The lowest BCUT2D eigenvalue weighted by Gasteiger charge is -2.15. The zero-order valence-corrected chi connectivity index (χ0v) is 18.0. The van der Waals surface area contributed by atoms with Crippen molar-refractivity contribution in [2.24, 2.45) is 0 Å². The minimum atomic E-state index is -1.44. The number of rotatable bonds is 5. The largest absolute Gasteiger partial charge is 0.384 e. The van der Waals surface area contributed by atoms with Crippen molar-refractivity contribution in [1.29, 1.82) is 0 Å². The third kappa shape index (κ3) is 5.97. The molecule has 0 saturated carbocycles. The number of nitrogen functional groups attached to an aromatic ring is 1. The van der Waals surface area contributed by atoms with E-state index in [1.165, 1.54) is 26.1 Å². The van der Waals surface area contributed by atoms with Crippen molar-refractivity contribution in [2.45, 2.75) is 32.9 Å². The summed E-state index contributed by atoms with van der Waals surface area (Å²) in [5, 5.41) is 5.42. The van der Waals surface area contributed by atoms with Crippen molar-refractivity contribution >= 4 is 40.8 Å². The van der Waals surface area contributed by atoms with Gasteiger partial charge in [0.05, 0.1) is 11.2 Å². The molecule has 0 saturated heterocycles. The van der Waals surface area contributed by atoms with Gasteiger partial charge >= 0.3 is 6.03 Å². The number of nitrogens with one attached hydrogen (secondary N) is 2. The zero-order valence-electron chi connectivity index (χ0n) is 17.2. The standard InChI is InChI=1S/C21H22F3N5O.ClH/c1-11-13(6-12-10-27-19(25)9-17(12)28-11)14-7-18(16(23)8-15(14)22)29-20(30)26-5-4-21(2,3)24;/h6-10H,4-5H2,1-3H3,(H2,25,27)(H2,26,29,30);1H. The quantitative estimate of drug-likeness (QED) is 0.498. The average Bonchev–Trinajstić information content (AvgIpc) is 2.62. The van der Waals surface area contributed by atoms with E-state index in [4.69, 9.17) is 5.73 Å². The van der Waals surface area contributed by atoms with E-state index < -0.39 is 23.3 Å². The van der Waals surface area contributed by atoms with E-state index in [2.05, 4.69) is 20.6 Å². The number of amides is 2. The van der Waals surface area contributed by atoms with Gasteiger partial charge < -0.3 is 16.4 Å².